The Morgan fingerprint density at radius 2 is 1.69 bits per heavy atom. The predicted octanol–water partition coefficient (Wildman–Crippen LogP) is 0.765. The number of hydrogen-bond donors (Lipinski definition) is 5. The maximum Gasteiger partial charge on any atom is 0.251 e. The van der Waals surface area contributed by atoms with Crippen LogP contribution in [-0.2, 0) is 9.59 Å². The van der Waals surface area contributed by atoms with Gasteiger partial charge in [-0.2, -0.15) is 0 Å². The Labute approximate surface area is 154 Å². The lowest BCUT2D eigenvalue weighted by molar-refractivity contribution is -0.525. The fraction of sp³-hybridized carbons (Fsp3) is 0.812. The van der Waals surface area contributed by atoms with Gasteiger partial charge in [0, 0.05) is 19.5 Å². The first-order valence-electron chi connectivity index (χ1n) is 8.92. The second-order valence-electron chi connectivity index (χ2n) is 7.00. The molecule has 10 nitrogen and oxygen atoms in total. The minimum absolute atomic E-state index is 0.181. The summed E-state index contributed by atoms with van der Waals surface area (Å²) >= 11 is 0. The average molecular weight is 372 g/mol. The van der Waals surface area contributed by atoms with Crippen molar-refractivity contribution in [2.24, 2.45) is 11.8 Å². The largest absolute Gasteiger partial charge is 0.354 e. The molecule has 0 heterocycles. The van der Waals surface area contributed by atoms with Crippen LogP contribution in [0.4, 0.5) is 0 Å². The minimum atomic E-state index is -0.827. The van der Waals surface area contributed by atoms with Gasteiger partial charge in [0.1, 0.15) is 6.04 Å². The van der Waals surface area contributed by atoms with E-state index in [0.717, 1.165) is 6.42 Å². The van der Waals surface area contributed by atoms with Crippen molar-refractivity contribution in [1.82, 2.24) is 21.4 Å². The summed E-state index contributed by atoms with van der Waals surface area (Å²) in [5.41, 5.74) is 1.69. The molecule has 0 aromatic heterocycles. The minimum Gasteiger partial charge on any atom is -0.354 e. The van der Waals surface area contributed by atoms with E-state index in [2.05, 4.69) is 29.8 Å². The first-order valence-corrected chi connectivity index (χ1v) is 8.92. The van der Waals surface area contributed by atoms with Gasteiger partial charge in [-0.1, -0.05) is 33.1 Å². The van der Waals surface area contributed by atoms with Crippen molar-refractivity contribution < 1.29 is 14.6 Å². The second kappa shape index (κ2) is 12.9. The van der Waals surface area contributed by atoms with Crippen LogP contribution in [-0.4, -0.2) is 41.9 Å². The molecule has 0 aliphatic heterocycles. The van der Waals surface area contributed by atoms with Gasteiger partial charge in [0.15, 0.2) is 5.03 Å². The lowest BCUT2D eigenvalue weighted by atomic mass is 10.1. The molecule has 0 rings (SSSR count). The van der Waals surface area contributed by atoms with Crippen LogP contribution < -0.4 is 21.4 Å². The summed E-state index contributed by atoms with van der Waals surface area (Å²) in [6, 6.07) is -0.659. The first-order chi connectivity index (χ1) is 12.1. The van der Waals surface area contributed by atoms with E-state index < -0.39 is 17.0 Å². The molecule has 0 saturated heterocycles. The highest BCUT2D eigenvalue weighted by Gasteiger charge is 2.20. The zero-order chi connectivity index (χ0) is 20.1. The number of rotatable bonds is 12. The van der Waals surface area contributed by atoms with Gasteiger partial charge in [-0.05, 0) is 31.1 Å². The molecule has 0 saturated carbocycles. The van der Waals surface area contributed by atoms with Gasteiger partial charge in [-0.25, -0.2) is 10.1 Å². The summed E-state index contributed by atoms with van der Waals surface area (Å²) in [6.07, 6.45) is 2.02. The van der Waals surface area contributed by atoms with Crippen molar-refractivity contribution in [2.75, 3.05) is 13.1 Å². The molecule has 0 aromatic rings. The fourth-order valence-electron chi connectivity index (χ4n) is 2.15. The van der Waals surface area contributed by atoms with E-state index in [0.29, 0.717) is 31.7 Å². The number of amides is 2. The SMILES string of the molecule is CC(C)CCNC(=O)[C@H](CCCNC(=N)N[N+](=O)[O-])NC(=O)CC(C)C. The van der Waals surface area contributed by atoms with E-state index in [1.165, 1.54) is 0 Å². The van der Waals surface area contributed by atoms with Crippen molar-refractivity contribution >= 4 is 17.8 Å². The quantitative estimate of drug-likeness (QED) is 0.112. The van der Waals surface area contributed by atoms with Gasteiger partial charge >= 0.3 is 0 Å². The summed E-state index contributed by atoms with van der Waals surface area (Å²) in [7, 11) is 0. The van der Waals surface area contributed by atoms with Gasteiger partial charge in [0.25, 0.3) is 5.96 Å². The molecule has 0 aliphatic carbocycles. The zero-order valence-corrected chi connectivity index (χ0v) is 16.1. The van der Waals surface area contributed by atoms with E-state index in [1.807, 2.05) is 13.8 Å². The van der Waals surface area contributed by atoms with Crippen LogP contribution in [0.2, 0.25) is 0 Å². The number of nitrogens with one attached hydrogen (secondary N) is 5. The molecule has 0 bridgehead atoms. The van der Waals surface area contributed by atoms with Crippen molar-refractivity contribution in [1.29, 1.82) is 5.41 Å². The van der Waals surface area contributed by atoms with E-state index in [-0.39, 0.29) is 24.3 Å². The Morgan fingerprint density at radius 1 is 1.04 bits per heavy atom. The Bertz CT molecular complexity index is 481. The van der Waals surface area contributed by atoms with Crippen LogP contribution in [0.15, 0.2) is 0 Å². The Morgan fingerprint density at radius 3 is 2.23 bits per heavy atom. The molecule has 0 fully saturated rings. The Hall–Kier alpha value is -2.39. The topological polar surface area (TPSA) is 149 Å². The third-order valence-corrected chi connectivity index (χ3v) is 3.44. The Kier molecular flexibility index (Phi) is 11.7. The molecule has 0 radical (unpaired) electrons. The van der Waals surface area contributed by atoms with Crippen LogP contribution >= 0.6 is 0 Å². The third kappa shape index (κ3) is 13.0. The van der Waals surface area contributed by atoms with E-state index in [1.54, 1.807) is 5.43 Å². The maximum atomic E-state index is 12.3. The molecule has 0 aromatic carbocycles. The summed E-state index contributed by atoms with van der Waals surface area (Å²) < 4.78 is 0. The average Bonchev–Trinajstić information content (AvgIpc) is 2.48. The van der Waals surface area contributed by atoms with Gasteiger partial charge in [0.2, 0.25) is 11.8 Å². The van der Waals surface area contributed by atoms with Gasteiger partial charge in [-0.3, -0.25) is 15.0 Å². The molecule has 5 N–H and O–H groups in total. The van der Waals surface area contributed by atoms with Gasteiger partial charge < -0.3 is 16.0 Å². The number of nitrogens with zero attached hydrogens (tertiary/aromatic N) is 1. The second-order valence-corrected chi connectivity index (χ2v) is 7.00. The number of hydrogen-bond acceptors (Lipinski definition) is 5. The summed E-state index contributed by atoms with van der Waals surface area (Å²) in [5, 5.41) is 24.8. The molecule has 1 atom stereocenters. The highest BCUT2D eigenvalue weighted by atomic mass is 16.7. The molecule has 0 spiro atoms. The van der Waals surface area contributed by atoms with Gasteiger partial charge in [0.05, 0.1) is 0 Å². The number of guanidine groups is 1. The number of carbonyl (C=O) groups excluding carboxylic acids is 2. The standard InChI is InChI=1S/C16H32N6O4/c1-11(2)7-9-18-15(24)13(20-14(23)10-12(3)4)6-5-8-19-16(17)21-22(25)26/h11-13H,5-10H2,1-4H3,(H,18,24)(H,20,23)(H3,17,19,21)/t13-/m0/s1. The fourth-order valence-corrected chi connectivity index (χ4v) is 2.15. The highest BCUT2D eigenvalue weighted by Crippen LogP contribution is 2.03. The van der Waals surface area contributed by atoms with Crippen LogP contribution in [0.5, 0.6) is 0 Å². The lowest BCUT2D eigenvalue weighted by Crippen LogP contribution is -2.47. The molecule has 0 unspecified atom stereocenters. The monoisotopic (exact) mass is 372 g/mol. The molecular weight excluding hydrogens is 340 g/mol. The summed E-state index contributed by atoms with van der Waals surface area (Å²) in [5.74, 6) is -0.179. The predicted molar refractivity (Wildman–Crippen MR) is 98.9 cm³/mol. The normalized spacial score (nSPS) is 11.8. The van der Waals surface area contributed by atoms with Crippen LogP contribution in [0.25, 0.3) is 0 Å². The van der Waals surface area contributed by atoms with Crippen LogP contribution in [0.3, 0.4) is 0 Å². The molecule has 10 heteroatoms. The summed E-state index contributed by atoms with van der Waals surface area (Å²) in [6.45, 7) is 8.80. The number of nitro groups is 1. The van der Waals surface area contributed by atoms with Crippen molar-refractivity contribution in [3.8, 4) is 0 Å². The molecular formula is C16H32N6O4. The number of hydrazine groups is 1. The van der Waals surface area contributed by atoms with Crippen molar-refractivity contribution in [2.45, 2.75) is 59.4 Å². The van der Waals surface area contributed by atoms with Crippen LogP contribution in [0, 0.1) is 27.4 Å². The van der Waals surface area contributed by atoms with Gasteiger partial charge in [-0.15, -0.1) is 0 Å². The van der Waals surface area contributed by atoms with Crippen LogP contribution in [0.1, 0.15) is 53.4 Å². The molecule has 26 heavy (non-hydrogen) atoms. The lowest BCUT2D eigenvalue weighted by Gasteiger charge is -2.19. The van der Waals surface area contributed by atoms with Crippen molar-refractivity contribution in [3.05, 3.63) is 10.1 Å². The maximum absolute atomic E-state index is 12.3. The third-order valence-electron chi connectivity index (χ3n) is 3.44. The van der Waals surface area contributed by atoms with Crippen molar-refractivity contribution in [3.63, 3.8) is 0 Å². The highest BCUT2D eigenvalue weighted by molar-refractivity contribution is 5.87. The first kappa shape index (κ1) is 23.6. The molecule has 0 aliphatic rings. The molecule has 150 valence electrons. The Balaban J connectivity index is 4.47. The smallest absolute Gasteiger partial charge is 0.251 e. The number of carbonyl (C=O) groups is 2. The molecule has 2 amide bonds. The summed E-state index contributed by atoms with van der Waals surface area (Å²) in [4.78, 5) is 34.5. The van der Waals surface area contributed by atoms with E-state index in [9.17, 15) is 19.7 Å². The van der Waals surface area contributed by atoms with E-state index in [4.69, 9.17) is 5.41 Å². The van der Waals surface area contributed by atoms with E-state index >= 15 is 0 Å². The zero-order valence-electron chi connectivity index (χ0n) is 16.1.